The topological polar surface area (TPSA) is 59.1 Å². The van der Waals surface area contributed by atoms with E-state index in [1.54, 1.807) is 23.1 Å². The number of ether oxygens (including phenoxy) is 2. The highest BCUT2D eigenvalue weighted by atomic mass is 19.4. The number of carbonyl (C=O) groups excluding carboxylic acids is 2. The molecule has 0 aliphatic carbocycles. The van der Waals surface area contributed by atoms with Gasteiger partial charge in [0.1, 0.15) is 12.4 Å². The first-order chi connectivity index (χ1) is 15.2. The first kappa shape index (κ1) is 23.5. The zero-order valence-electron chi connectivity index (χ0n) is 17.1. The average Bonchev–Trinajstić information content (AvgIpc) is 2.77. The minimum absolute atomic E-state index is 0.168. The molecule has 172 valence electrons. The molecule has 1 heterocycles. The third-order valence-corrected chi connectivity index (χ3v) is 4.88. The van der Waals surface area contributed by atoms with Gasteiger partial charge in [0.25, 0.3) is 5.91 Å². The van der Waals surface area contributed by atoms with Gasteiger partial charge in [-0.05, 0) is 29.8 Å². The summed E-state index contributed by atoms with van der Waals surface area (Å²) in [6, 6.07) is 12.1. The van der Waals surface area contributed by atoms with Gasteiger partial charge >= 0.3 is 12.1 Å². The third kappa shape index (κ3) is 6.68. The van der Waals surface area contributed by atoms with Gasteiger partial charge in [-0.25, -0.2) is 9.18 Å². The molecule has 10 heteroatoms. The van der Waals surface area contributed by atoms with E-state index in [1.165, 1.54) is 30.3 Å². The first-order valence-corrected chi connectivity index (χ1v) is 9.91. The Kier molecular flexibility index (Phi) is 7.68. The number of alkyl halides is 3. The maximum Gasteiger partial charge on any atom is 0.411 e. The Bertz CT molecular complexity index is 926. The molecule has 0 unspecified atom stereocenters. The number of rotatable bonds is 7. The van der Waals surface area contributed by atoms with Gasteiger partial charge < -0.3 is 19.3 Å². The fourth-order valence-electron chi connectivity index (χ4n) is 3.23. The lowest BCUT2D eigenvalue weighted by molar-refractivity contribution is -0.176. The van der Waals surface area contributed by atoms with Crippen LogP contribution in [0.25, 0.3) is 0 Å². The van der Waals surface area contributed by atoms with E-state index in [0.29, 0.717) is 37.4 Å². The number of anilines is 1. The summed E-state index contributed by atoms with van der Waals surface area (Å²) in [5.74, 6) is -1.39. The van der Waals surface area contributed by atoms with E-state index in [-0.39, 0.29) is 23.9 Å². The van der Waals surface area contributed by atoms with Crippen molar-refractivity contribution in [3.05, 3.63) is 65.5 Å². The van der Waals surface area contributed by atoms with E-state index < -0.39 is 25.4 Å². The minimum atomic E-state index is -4.40. The number of hydrogen-bond acceptors (Lipinski definition) is 5. The van der Waals surface area contributed by atoms with E-state index in [0.717, 1.165) is 0 Å². The summed E-state index contributed by atoms with van der Waals surface area (Å²) in [4.78, 5) is 27.9. The van der Waals surface area contributed by atoms with Crippen LogP contribution < -0.4 is 4.90 Å². The number of benzene rings is 2. The highest BCUT2D eigenvalue weighted by Gasteiger charge is 2.27. The second-order valence-electron chi connectivity index (χ2n) is 7.20. The van der Waals surface area contributed by atoms with E-state index in [2.05, 4.69) is 4.74 Å². The minimum Gasteiger partial charge on any atom is -0.452 e. The molecule has 0 spiro atoms. The lowest BCUT2D eigenvalue weighted by Gasteiger charge is -2.36. The molecule has 0 saturated carbocycles. The van der Waals surface area contributed by atoms with Crippen LogP contribution in [0.15, 0.2) is 48.5 Å². The summed E-state index contributed by atoms with van der Waals surface area (Å²) in [7, 11) is 0. The van der Waals surface area contributed by atoms with Crippen molar-refractivity contribution in [2.45, 2.75) is 12.8 Å². The molecule has 0 bridgehead atoms. The number of nitrogens with zero attached hydrogens (tertiary/aromatic N) is 2. The lowest BCUT2D eigenvalue weighted by atomic mass is 10.1. The number of hydrogen-bond donors (Lipinski definition) is 0. The number of carbonyl (C=O) groups is 2. The number of esters is 1. The monoisotopic (exact) mass is 454 g/mol. The van der Waals surface area contributed by atoms with Crippen LogP contribution in [0.5, 0.6) is 0 Å². The van der Waals surface area contributed by atoms with Crippen molar-refractivity contribution in [3.63, 3.8) is 0 Å². The number of para-hydroxylation sites is 1. The molecule has 1 fully saturated rings. The third-order valence-electron chi connectivity index (χ3n) is 4.88. The van der Waals surface area contributed by atoms with Crippen LogP contribution in [0, 0.1) is 5.82 Å². The molecule has 2 aromatic rings. The predicted octanol–water partition coefficient (Wildman–Crippen LogP) is 3.41. The quantitative estimate of drug-likeness (QED) is 0.474. The maximum absolute atomic E-state index is 13.9. The average molecular weight is 454 g/mol. The summed E-state index contributed by atoms with van der Waals surface area (Å²) in [6.45, 7) is -0.375. The highest BCUT2D eigenvalue weighted by Crippen LogP contribution is 2.20. The number of amides is 1. The zero-order chi connectivity index (χ0) is 23.1. The van der Waals surface area contributed by atoms with Crippen molar-refractivity contribution in [1.29, 1.82) is 0 Å². The molecule has 0 aromatic heterocycles. The Morgan fingerprint density at radius 3 is 2.22 bits per heavy atom. The van der Waals surface area contributed by atoms with E-state index >= 15 is 0 Å². The molecule has 0 N–H and O–H groups in total. The highest BCUT2D eigenvalue weighted by molar-refractivity contribution is 5.91. The normalized spacial score (nSPS) is 14.4. The molecule has 6 nitrogen and oxygen atoms in total. The van der Waals surface area contributed by atoms with Gasteiger partial charge in [0.2, 0.25) is 0 Å². The molecule has 32 heavy (non-hydrogen) atoms. The smallest absolute Gasteiger partial charge is 0.411 e. The van der Waals surface area contributed by atoms with Crippen molar-refractivity contribution in [2.75, 3.05) is 44.3 Å². The van der Waals surface area contributed by atoms with Crippen LogP contribution >= 0.6 is 0 Å². The van der Waals surface area contributed by atoms with Crippen LogP contribution in [0.1, 0.15) is 15.9 Å². The number of halogens is 4. The van der Waals surface area contributed by atoms with Crippen molar-refractivity contribution in [2.24, 2.45) is 0 Å². The Morgan fingerprint density at radius 2 is 1.59 bits per heavy atom. The van der Waals surface area contributed by atoms with Crippen molar-refractivity contribution < 1.29 is 36.6 Å². The number of piperazine rings is 1. The molecule has 1 aliphatic rings. The van der Waals surface area contributed by atoms with Crippen molar-refractivity contribution in [3.8, 4) is 0 Å². The second kappa shape index (κ2) is 10.4. The van der Waals surface area contributed by atoms with E-state index in [9.17, 15) is 27.2 Å². The molecule has 3 rings (SSSR count). The molecule has 1 amide bonds. The first-order valence-electron chi connectivity index (χ1n) is 9.91. The standard InChI is InChI=1S/C22H22F4N2O4/c23-18-3-1-2-4-19(18)27-9-11-28(12-10-27)20(29)14-32-21(30)17-7-5-16(6-8-17)13-31-15-22(24,25)26/h1-8H,9-15H2. The van der Waals surface area contributed by atoms with Gasteiger partial charge in [0.05, 0.1) is 17.9 Å². The Balaban J connectivity index is 1.42. The summed E-state index contributed by atoms with van der Waals surface area (Å²) < 4.78 is 59.8. The summed E-state index contributed by atoms with van der Waals surface area (Å²) in [6.07, 6.45) is -4.40. The van der Waals surface area contributed by atoms with Crippen LogP contribution in [0.2, 0.25) is 0 Å². The van der Waals surface area contributed by atoms with Gasteiger partial charge in [-0.15, -0.1) is 0 Å². The Labute approximate surface area is 182 Å². The van der Waals surface area contributed by atoms with Gasteiger partial charge in [-0.1, -0.05) is 24.3 Å². The van der Waals surface area contributed by atoms with Crippen molar-refractivity contribution in [1.82, 2.24) is 4.90 Å². The molecule has 2 aromatic carbocycles. The van der Waals surface area contributed by atoms with Crippen LogP contribution in [0.3, 0.4) is 0 Å². The lowest BCUT2D eigenvalue weighted by Crippen LogP contribution is -2.50. The van der Waals surface area contributed by atoms with E-state index in [4.69, 9.17) is 4.74 Å². The zero-order valence-corrected chi connectivity index (χ0v) is 17.1. The predicted molar refractivity (Wildman–Crippen MR) is 108 cm³/mol. The molecule has 0 radical (unpaired) electrons. The molecular formula is C22H22F4N2O4. The maximum atomic E-state index is 13.9. The van der Waals surface area contributed by atoms with E-state index in [1.807, 2.05) is 4.90 Å². The molecule has 0 atom stereocenters. The fourth-order valence-corrected chi connectivity index (χ4v) is 3.23. The van der Waals surface area contributed by atoms with Crippen molar-refractivity contribution >= 4 is 17.6 Å². The fraction of sp³-hybridized carbons (Fsp3) is 0.364. The Hall–Kier alpha value is -3.14. The van der Waals surface area contributed by atoms with Crippen LogP contribution in [-0.4, -0.2) is 62.3 Å². The van der Waals surface area contributed by atoms with Gasteiger partial charge in [0, 0.05) is 26.2 Å². The van der Waals surface area contributed by atoms with Crippen LogP contribution in [0.4, 0.5) is 23.2 Å². The summed E-state index contributed by atoms with van der Waals surface area (Å²) in [5, 5.41) is 0. The van der Waals surface area contributed by atoms with Crippen LogP contribution in [-0.2, 0) is 20.9 Å². The largest absolute Gasteiger partial charge is 0.452 e. The second-order valence-corrected chi connectivity index (χ2v) is 7.20. The summed E-state index contributed by atoms with van der Waals surface area (Å²) in [5.41, 5.74) is 1.12. The Morgan fingerprint density at radius 1 is 0.938 bits per heavy atom. The van der Waals surface area contributed by atoms with Gasteiger partial charge in [-0.3, -0.25) is 4.79 Å². The van der Waals surface area contributed by atoms with Gasteiger partial charge in [0.15, 0.2) is 6.61 Å². The molecular weight excluding hydrogens is 432 g/mol. The molecule has 1 aliphatic heterocycles. The summed E-state index contributed by atoms with van der Waals surface area (Å²) >= 11 is 0. The SMILES string of the molecule is O=C(OCC(=O)N1CCN(c2ccccc2F)CC1)c1ccc(COCC(F)(F)F)cc1. The molecule has 1 saturated heterocycles. The van der Waals surface area contributed by atoms with Gasteiger partial charge in [-0.2, -0.15) is 13.2 Å².